The summed E-state index contributed by atoms with van der Waals surface area (Å²) >= 11 is 2.03. The van der Waals surface area contributed by atoms with E-state index in [1.807, 2.05) is 41.6 Å². The Morgan fingerprint density at radius 2 is 1.71 bits per heavy atom. The number of hydrazone groups is 1. The third-order valence-electron chi connectivity index (χ3n) is 5.04. The van der Waals surface area contributed by atoms with Gasteiger partial charge in [0.2, 0.25) is 0 Å². The van der Waals surface area contributed by atoms with Gasteiger partial charge in [0.15, 0.2) is 18.1 Å². The molecule has 3 aromatic carbocycles. The van der Waals surface area contributed by atoms with Gasteiger partial charge in [-0.25, -0.2) is 9.82 Å². The number of rotatable bonds is 10. The van der Waals surface area contributed by atoms with Crippen molar-refractivity contribution in [1.29, 1.82) is 0 Å². The van der Waals surface area contributed by atoms with E-state index in [2.05, 4.69) is 21.2 Å². The number of para-hydroxylation sites is 1. The molecule has 3 rings (SSSR count). The van der Waals surface area contributed by atoms with Gasteiger partial charge >= 0.3 is 11.8 Å². The summed E-state index contributed by atoms with van der Waals surface area (Å²) in [5.74, 6) is -1.86. The molecule has 0 atom stereocenters. The zero-order valence-electron chi connectivity index (χ0n) is 20.7. The Kier molecular flexibility index (Phi) is 10.6. The van der Waals surface area contributed by atoms with E-state index in [0.29, 0.717) is 45.0 Å². The second-order valence-electron chi connectivity index (χ2n) is 7.77. The highest BCUT2D eigenvalue weighted by molar-refractivity contribution is 14.1. The summed E-state index contributed by atoms with van der Waals surface area (Å²) < 4.78 is 25.0. The molecule has 198 valence electrons. The van der Waals surface area contributed by atoms with E-state index in [1.165, 1.54) is 30.5 Å². The molecule has 38 heavy (non-hydrogen) atoms. The molecule has 3 N–H and O–H groups in total. The number of nitrogens with one attached hydrogen (secondary N) is 3. The SMILES string of the molecule is CCOc1cc(/C=N\NC(=O)C(=O)Nc2ccccc2CC)cc(I)c1OCC(=O)Nc1ccc(F)cc1. The highest BCUT2D eigenvalue weighted by Gasteiger charge is 2.16. The molecule has 3 aromatic rings. The van der Waals surface area contributed by atoms with Crippen molar-refractivity contribution in [3.63, 3.8) is 0 Å². The first-order valence-corrected chi connectivity index (χ1v) is 12.7. The van der Waals surface area contributed by atoms with Crippen LogP contribution in [-0.4, -0.2) is 37.1 Å². The van der Waals surface area contributed by atoms with Gasteiger partial charge in [0.1, 0.15) is 5.82 Å². The van der Waals surface area contributed by atoms with Crippen molar-refractivity contribution in [2.24, 2.45) is 5.10 Å². The van der Waals surface area contributed by atoms with E-state index in [1.54, 1.807) is 31.2 Å². The van der Waals surface area contributed by atoms with Gasteiger partial charge in [-0.2, -0.15) is 5.10 Å². The third kappa shape index (κ3) is 8.26. The maximum Gasteiger partial charge on any atom is 0.329 e. The summed E-state index contributed by atoms with van der Waals surface area (Å²) in [6, 6.07) is 15.9. The number of benzene rings is 3. The first-order chi connectivity index (χ1) is 18.3. The van der Waals surface area contributed by atoms with Gasteiger partial charge in [0.05, 0.1) is 16.4 Å². The van der Waals surface area contributed by atoms with Crippen LogP contribution in [0.25, 0.3) is 0 Å². The molecular formula is C27H26FIN4O5. The summed E-state index contributed by atoms with van der Waals surface area (Å²) in [7, 11) is 0. The number of carbonyl (C=O) groups excluding carboxylic acids is 3. The molecule has 0 bridgehead atoms. The zero-order valence-corrected chi connectivity index (χ0v) is 22.9. The Hall–Kier alpha value is -4.00. The third-order valence-corrected chi connectivity index (χ3v) is 5.84. The molecule has 0 aliphatic carbocycles. The Labute approximate surface area is 232 Å². The quantitative estimate of drug-likeness (QED) is 0.132. The Bertz CT molecular complexity index is 1330. The van der Waals surface area contributed by atoms with Crippen LogP contribution in [0, 0.1) is 9.39 Å². The van der Waals surface area contributed by atoms with Crippen LogP contribution in [0.5, 0.6) is 11.5 Å². The lowest BCUT2D eigenvalue weighted by molar-refractivity contribution is -0.136. The summed E-state index contributed by atoms with van der Waals surface area (Å²) in [5, 5.41) is 9.07. The normalized spacial score (nSPS) is 10.6. The average Bonchev–Trinajstić information content (AvgIpc) is 2.90. The molecule has 0 aliphatic heterocycles. The molecule has 11 heteroatoms. The first kappa shape index (κ1) is 28.6. The van der Waals surface area contributed by atoms with Gasteiger partial charge in [0.25, 0.3) is 5.91 Å². The Morgan fingerprint density at radius 1 is 0.974 bits per heavy atom. The molecule has 0 spiro atoms. The minimum absolute atomic E-state index is 0.298. The minimum Gasteiger partial charge on any atom is -0.490 e. The van der Waals surface area contributed by atoms with Crippen LogP contribution in [0.3, 0.4) is 0 Å². The second-order valence-corrected chi connectivity index (χ2v) is 8.93. The van der Waals surface area contributed by atoms with Crippen LogP contribution in [0.2, 0.25) is 0 Å². The van der Waals surface area contributed by atoms with Crippen LogP contribution < -0.4 is 25.5 Å². The van der Waals surface area contributed by atoms with Crippen molar-refractivity contribution in [3.05, 3.63) is 81.2 Å². The molecule has 9 nitrogen and oxygen atoms in total. The highest BCUT2D eigenvalue weighted by Crippen LogP contribution is 2.34. The number of halogens is 2. The topological polar surface area (TPSA) is 118 Å². The minimum atomic E-state index is -0.918. The van der Waals surface area contributed by atoms with Crippen LogP contribution >= 0.6 is 22.6 Å². The van der Waals surface area contributed by atoms with Gasteiger partial charge in [-0.05, 0) is 89.5 Å². The fourth-order valence-electron chi connectivity index (χ4n) is 3.28. The van der Waals surface area contributed by atoms with Crippen molar-refractivity contribution in [3.8, 4) is 11.5 Å². The Morgan fingerprint density at radius 3 is 2.42 bits per heavy atom. The molecule has 0 radical (unpaired) electrons. The van der Waals surface area contributed by atoms with E-state index >= 15 is 0 Å². The number of amides is 3. The van der Waals surface area contributed by atoms with E-state index in [9.17, 15) is 18.8 Å². The number of carbonyl (C=O) groups is 3. The van der Waals surface area contributed by atoms with Crippen LogP contribution in [0.4, 0.5) is 15.8 Å². The van der Waals surface area contributed by atoms with Gasteiger partial charge in [-0.15, -0.1) is 0 Å². The number of hydrogen-bond donors (Lipinski definition) is 3. The van der Waals surface area contributed by atoms with Crippen LogP contribution in [0.1, 0.15) is 25.0 Å². The first-order valence-electron chi connectivity index (χ1n) is 11.7. The van der Waals surface area contributed by atoms with Gasteiger partial charge in [0, 0.05) is 11.4 Å². The standard InChI is InChI=1S/C27H26FIN4O5/c1-3-18-7-5-6-8-22(18)32-26(35)27(36)33-30-15-17-13-21(29)25(23(14-17)37-4-2)38-16-24(34)31-20-11-9-19(28)10-12-20/h5-15H,3-4,16H2,1-2H3,(H,31,34)(H,32,35)(H,33,36)/b30-15-. The van der Waals surface area contributed by atoms with Crippen molar-refractivity contribution < 1.29 is 28.2 Å². The maximum absolute atomic E-state index is 13.0. The number of ether oxygens (including phenoxy) is 2. The highest BCUT2D eigenvalue weighted by atomic mass is 127. The molecule has 0 aromatic heterocycles. The largest absolute Gasteiger partial charge is 0.490 e. The predicted molar refractivity (Wildman–Crippen MR) is 151 cm³/mol. The molecular weight excluding hydrogens is 606 g/mol. The second kappa shape index (κ2) is 14.1. The molecule has 0 heterocycles. The van der Waals surface area contributed by atoms with Crippen molar-refractivity contribution in [1.82, 2.24) is 5.43 Å². The number of anilines is 2. The number of aryl methyl sites for hydroxylation is 1. The van der Waals surface area contributed by atoms with Gasteiger partial charge < -0.3 is 20.1 Å². The van der Waals surface area contributed by atoms with E-state index in [0.717, 1.165) is 5.56 Å². The fraction of sp³-hybridized carbons (Fsp3) is 0.185. The van der Waals surface area contributed by atoms with E-state index in [-0.39, 0.29) is 6.61 Å². The molecule has 0 aliphatic rings. The maximum atomic E-state index is 13.0. The molecule has 0 fully saturated rings. The number of hydrogen-bond acceptors (Lipinski definition) is 6. The summed E-state index contributed by atoms with van der Waals surface area (Å²) in [6.45, 7) is 3.79. The van der Waals surface area contributed by atoms with Crippen molar-refractivity contribution in [2.45, 2.75) is 20.3 Å². The predicted octanol–water partition coefficient (Wildman–Crippen LogP) is 4.50. The van der Waals surface area contributed by atoms with Crippen LogP contribution in [0.15, 0.2) is 65.8 Å². The number of nitrogens with zero attached hydrogens (tertiary/aromatic N) is 1. The van der Waals surface area contributed by atoms with Crippen molar-refractivity contribution in [2.75, 3.05) is 23.8 Å². The summed E-state index contributed by atoms with van der Waals surface area (Å²) in [6.07, 6.45) is 2.07. The monoisotopic (exact) mass is 632 g/mol. The van der Waals surface area contributed by atoms with Crippen molar-refractivity contribution >= 4 is 57.9 Å². The lowest BCUT2D eigenvalue weighted by atomic mass is 10.1. The van der Waals surface area contributed by atoms with Gasteiger partial charge in [-0.3, -0.25) is 14.4 Å². The lowest BCUT2D eigenvalue weighted by Gasteiger charge is -2.14. The Balaban J connectivity index is 1.61. The van der Waals surface area contributed by atoms with Gasteiger partial charge in [-0.1, -0.05) is 25.1 Å². The van der Waals surface area contributed by atoms with Crippen LogP contribution in [-0.2, 0) is 20.8 Å². The average molecular weight is 632 g/mol. The summed E-state index contributed by atoms with van der Waals surface area (Å²) in [5.41, 5.74) is 4.69. The fourth-order valence-corrected chi connectivity index (χ4v) is 4.06. The zero-order chi connectivity index (χ0) is 27.5. The molecule has 3 amide bonds. The van der Waals surface area contributed by atoms with E-state index in [4.69, 9.17) is 9.47 Å². The smallest absolute Gasteiger partial charge is 0.329 e. The summed E-state index contributed by atoms with van der Waals surface area (Å²) in [4.78, 5) is 36.7. The lowest BCUT2D eigenvalue weighted by Crippen LogP contribution is -2.32. The molecule has 0 unspecified atom stereocenters. The van der Waals surface area contributed by atoms with E-state index < -0.39 is 23.5 Å². The molecule has 0 saturated heterocycles. The molecule has 0 saturated carbocycles.